The van der Waals surface area contributed by atoms with Gasteiger partial charge in [-0.2, -0.15) is 0 Å². The molecular weight excluding hydrogens is 201 g/mol. The van der Waals surface area contributed by atoms with E-state index in [4.69, 9.17) is 4.11 Å². The van der Waals surface area contributed by atoms with E-state index in [-0.39, 0.29) is 4.47 Å². The van der Waals surface area contributed by atoms with Crippen LogP contribution in [0.4, 0.5) is 4.39 Å². The van der Waals surface area contributed by atoms with E-state index in [0.717, 1.165) is 12.3 Å². The number of halogens is 2. The van der Waals surface area contributed by atoms with Crippen LogP contribution in [-0.4, -0.2) is 4.57 Å². The van der Waals surface area contributed by atoms with Crippen LogP contribution in [0.1, 0.15) is 4.11 Å². The summed E-state index contributed by atoms with van der Waals surface area (Å²) in [6, 6.07) is 0.921. The molecule has 1 aromatic heterocycles. The van der Waals surface area contributed by atoms with Gasteiger partial charge < -0.3 is 4.57 Å². The van der Waals surface area contributed by atoms with Gasteiger partial charge in [0.05, 0.1) is 0 Å². The molecule has 0 aromatic carbocycles. The monoisotopic (exact) mass is 208 g/mol. The Labute approximate surface area is 69.6 Å². The van der Waals surface area contributed by atoms with Gasteiger partial charge in [0.25, 0.3) is 5.56 Å². The Morgan fingerprint density at radius 2 is 2.60 bits per heavy atom. The molecule has 1 aromatic rings. The smallest absolute Gasteiger partial charge is 0.286 e. The predicted octanol–water partition coefficient (Wildman–Crippen LogP) is 1.29. The number of pyridine rings is 1. The summed E-state index contributed by atoms with van der Waals surface area (Å²) in [6.07, 6.45) is 1.03. The van der Waals surface area contributed by atoms with Crippen molar-refractivity contribution in [1.29, 1.82) is 0 Å². The number of hydrogen-bond donors (Lipinski definition) is 0. The Hall–Kier alpha value is -0.640. The first-order valence-corrected chi connectivity index (χ1v) is 3.20. The minimum absolute atomic E-state index is 0.209. The molecule has 2 nitrogen and oxygen atoms in total. The summed E-state index contributed by atoms with van der Waals surface area (Å²) >= 11 is 2.89. The summed E-state index contributed by atoms with van der Waals surface area (Å²) in [7, 11) is 0. The average molecular weight is 209 g/mol. The minimum atomic E-state index is -2.65. The normalized spacial score (nSPS) is 15.6. The van der Waals surface area contributed by atoms with Gasteiger partial charge in [-0.15, -0.1) is 0 Å². The Kier molecular flexibility index (Phi) is 1.09. The van der Waals surface area contributed by atoms with E-state index >= 15 is 0 Å². The van der Waals surface area contributed by atoms with Gasteiger partial charge in [-0.3, -0.25) is 4.79 Å². The summed E-state index contributed by atoms with van der Waals surface area (Å²) in [5.41, 5.74) is -1.15. The highest BCUT2D eigenvalue weighted by Crippen LogP contribution is 2.06. The Bertz CT molecular complexity index is 386. The van der Waals surface area contributed by atoms with Crippen LogP contribution in [0.25, 0.3) is 0 Å². The van der Waals surface area contributed by atoms with E-state index < -0.39 is 18.4 Å². The van der Waals surface area contributed by atoms with E-state index in [9.17, 15) is 9.18 Å². The highest BCUT2D eigenvalue weighted by Gasteiger charge is 1.99. The Morgan fingerprint density at radius 1 is 1.90 bits per heavy atom. The summed E-state index contributed by atoms with van der Waals surface area (Å²) in [6.45, 7) is -2.65. The molecule has 1 rings (SSSR count). The largest absolute Gasteiger partial charge is 0.315 e. The molecule has 54 valence electrons. The minimum Gasteiger partial charge on any atom is -0.315 e. The molecule has 4 heteroatoms. The van der Waals surface area contributed by atoms with Gasteiger partial charge in [0.2, 0.25) is 0 Å². The number of aryl methyl sites for hydroxylation is 1. The summed E-state index contributed by atoms with van der Waals surface area (Å²) in [5, 5.41) is 0. The van der Waals surface area contributed by atoms with Crippen LogP contribution in [0.3, 0.4) is 0 Å². The third-order valence-corrected chi connectivity index (χ3v) is 1.37. The van der Waals surface area contributed by atoms with Crippen molar-refractivity contribution in [2.45, 2.75) is 0 Å². The number of aromatic nitrogens is 1. The summed E-state index contributed by atoms with van der Waals surface area (Å²) in [5.74, 6) is -1.09. The fourth-order valence-electron chi connectivity index (χ4n) is 0.517. The molecule has 0 aliphatic rings. The molecule has 0 aliphatic heterocycles. The topological polar surface area (TPSA) is 22.0 Å². The first kappa shape index (κ1) is 4.28. The van der Waals surface area contributed by atoms with E-state index in [2.05, 4.69) is 15.9 Å². The maximum Gasteiger partial charge on any atom is 0.286 e. The van der Waals surface area contributed by atoms with E-state index in [0.29, 0.717) is 4.57 Å². The molecule has 0 spiro atoms. The van der Waals surface area contributed by atoms with Crippen LogP contribution in [0.5, 0.6) is 0 Å². The van der Waals surface area contributed by atoms with Crippen LogP contribution in [-0.2, 0) is 6.98 Å². The molecule has 0 unspecified atom stereocenters. The fourth-order valence-corrected chi connectivity index (χ4v) is 0.923. The van der Waals surface area contributed by atoms with E-state index in [1.54, 1.807) is 0 Å². The third kappa shape index (κ3) is 1.26. The number of hydrogen-bond acceptors (Lipinski definition) is 1. The zero-order valence-electron chi connectivity index (χ0n) is 7.77. The molecule has 0 bridgehead atoms. The summed E-state index contributed by atoms with van der Waals surface area (Å²) < 4.78 is 34.1. The molecular formula is C6H5BrFNO. The van der Waals surface area contributed by atoms with Gasteiger partial charge in [-0.25, -0.2) is 4.39 Å². The van der Waals surface area contributed by atoms with Crippen molar-refractivity contribution in [3.05, 3.63) is 32.9 Å². The lowest BCUT2D eigenvalue weighted by molar-refractivity contribution is 0.589. The lowest BCUT2D eigenvalue weighted by atomic mass is 10.5. The van der Waals surface area contributed by atoms with Crippen LogP contribution in [0.2, 0.25) is 0 Å². The van der Waals surface area contributed by atoms with Crippen molar-refractivity contribution in [1.82, 2.24) is 4.57 Å². The Balaban J connectivity index is 3.47. The lowest BCUT2D eigenvalue weighted by Crippen LogP contribution is -2.18. The van der Waals surface area contributed by atoms with Crippen molar-refractivity contribution < 1.29 is 8.50 Å². The van der Waals surface area contributed by atoms with Crippen LogP contribution < -0.4 is 5.56 Å². The van der Waals surface area contributed by atoms with E-state index in [1.165, 1.54) is 0 Å². The molecule has 0 saturated carbocycles. The predicted molar refractivity (Wildman–Crippen MR) is 39.3 cm³/mol. The van der Waals surface area contributed by atoms with Crippen molar-refractivity contribution in [3.8, 4) is 0 Å². The summed E-state index contributed by atoms with van der Waals surface area (Å²) in [4.78, 5) is 11.0. The van der Waals surface area contributed by atoms with E-state index in [1.807, 2.05) is 0 Å². The molecule has 0 N–H and O–H groups in total. The maximum absolute atomic E-state index is 12.8. The molecule has 0 fully saturated rings. The number of rotatable bonds is 0. The second-order valence-electron chi connectivity index (χ2n) is 1.68. The van der Waals surface area contributed by atoms with Gasteiger partial charge >= 0.3 is 0 Å². The fraction of sp³-hybridized carbons (Fsp3) is 0.167. The van der Waals surface area contributed by atoms with Crippen LogP contribution in [0.15, 0.2) is 21.5 Å². The molecule has 0 atom stereocenters. The van der Waals surface area contributed by atoms with Gasteiger partial charge in [0.1, 0.15) is 0 Å². The quantitative estimate of drug-likeness (QED) is 0.630. The highest BCUT2D eigenvalue weighted by molar-refractivity contribution is 9.10. The second kappa shape index (κ2) is 2.54. The van der Waals surface area contributed by atoms with Crippen molar-refractivity contribution >= 4 is 15.9 Å². The molecule has 0 aliphatic carbocycles. The standard InChI is InChI=1S/C6H5BrFNO/c1-9-3-4(7)2-5(8)6(9)10/h2-3H,1H3/i1D3. The number of nitrogens with zero attached hydrogens (tertiary/aromatic N) is 1. The van der Waals surface area contributed by atoms with Crippen molar-refractivity contribution in [3.63, 3.8) is 0 Å². The van der Waals surface area contributed by atoms with Crippen LogP contribution in [0, 0.1) is 5.82 Å². The zero-order valence-corrected chi connectivity index (χ0v) is 6.35. The van der Waals surface area contributed by atoms with Gasteiger partial charge in [0, 0.05) is 21.8 Å². The molecule has 0 saturated heterocycles. The van der Waals surface area contributed by atoms with Crippen LogP contribution >= 0.6 is 15.9 Å². The average Bonchev–Trinajstić information content (AvgIpc) is 1.94. The lowest BCUT2D eigenvalue weighted by Gasteiger charge is -1.96. The molecule has 10 heavy (non-hydrogen) atoms. The molecule has 0 amide bonds. The van der Waals surface area contributed by atoms with Crippen molar-refractivity contribution in [2.24, 2.45) is 6.98 Å². The van der Waals surface area contributed by atoms with Gasteiger partial charge in [0.15, 0.2) is 5.82 Å². The second-order valence-corrected chi connectivity index (χ2v) is 2.60. The third-order valence-electron chi connectivity index (χ3n) is 0.940. The molecule has 1 heterocycles. The van der Waals surface area contributed by atoms with Gasteiger partial charge in [-0.05, 0) is 22.0 Å². The first-order chi connectivity index (χ1) is 5.82. The zero-order chi connectivity index (χ0) is 10.2. The first-order valence-electron chi connectivity index (χ1n) is 3.90. The Morgan fingerprint density at radius 3 is 3.20 bits per heavy atom. The van der Waals surface area contributed by atoms with Gasteiger partial charge in [-0.1, -0.05) is 0 Å². The maximum atomic E-state index is 12.8. The molecule has 0 radical (unpaired) electrons. The van der Waals surface area contributed by atoms with Crippen molar-refractivity contribution in [2.75, 3.05) is 0 Å². The highest BCUT2D eigenvalue weighted by atomic mass is 79.9. The SMILES string of the molecule is [2H]C([2H])([2H])n1cc(Br)cc(F)c1=O.